The molecule has 1 saturated carbocycles. The lowest BCUT2D eigenvalue weighted by Crippen LogP contribution is -2.48. The molecule has 2 amide bonds. The van der Waals surface area contributed by atoms with Crippen molar-refractivity contribution >= 4 is 38.6 Å². The number of para-hydroxylation sites is 1. The minimum atomic E-state index is -3.94. The molecule has 3 aromatic carbocycles. The third-order valence-electron chi connectivity index (χ3n) is 6.99. The second kappa shape index (κ2) is 11.3. The number of anilines is 1. The fourth-order valence-electron chi connectivity index (χ4n) is 5.05. The van der Waals surface area contributed by atoms with Crippen molar-refractivity contribution in [2.75, 3.05) is 4.90 Å². The van der Waals surface area contributed by atoms with Gasteiger partial charge in [-0.1, -0.05) is 66.9 Å². The van der Waals surface area contributed by atoms with Crippen molar-refractivity contribution in [3.63, 3.8) is 0 Å². The molecule has 0 saturated heterocycles. The Kier molecular flexibility index (Phi) is 7.71. The van der Waals surface area contributed by atoms with Crippen molar-refractivity contribution in [2.24, 2.45) is 5.14 Å². The molecule has 0 bridgehead atoms. The molecule has 1 aromatic heterocycles. The highest BCUT2D eigenvalue weighted by molar-refractivity contribution is 7.89. The molecule has 11 heteroatoms. The molecule has 0 spiro atoms. The van der Waals surface area contributed by atoms with Gasteiger partial charge in [-0.3, -0.25) is 14.5 Å². The zero-order valence-corrected chi connectivity index (χ0v) is 22.1. The number of primary sulfonamides is 1. The summed E-state index contributed by atoms with van der Waals surface area (Å²) in [6.07, 6.45) is 4.99. The van der Waals surface area contributed by atoms with E-state index >= 15 is 0 Å². The van der Waals surface area contributed by atoms with E-state index < -0.39 is 22.0 Å². The number of benzene rings is 3. The summed E-state index contributed by atoms with van der Waals surface area (Å²) in [5.41, 5.74) is 2.30. The van der Waals surface area contributed by atoms with Gasteiger partial charge in [0.15, 0.2) is 0 Å². The van der Waals surface area contributed by atoms with E-state index in [9.17, 15) is 18.0 Å². The fourth-order valence-corrected chi connectivity index (χ4v) is 5.57. The molecular weight excluding hydrogens is 516 g/mol. The van der Waals surface area contributed by atoms with E-state index in [2.05, 4.69) is 15.6 Å². The summed E-state index contributed by atoms with van der Waals surface area (Å²) < 4.78 is 25.3. The van der Waals surface area contributed by atoms with Crippen LogP contribution in [0.25, 0.3) is 11.0 Å². The largest absolute Gasteiger partial charge is 0.351 e. The Bertz CT molecular complexity index is 1560. The first-order valence-corrected chi connectivity index (χ1v) is 14.4. The third kappa shape index (κ3) is 5.99. The Morgan fingerprint density at radius 2 is 1.62 bits per heavy atom. The number of hydrogen-bond donors (Lipinski definition) is 2. The van der Waals surface area contributed by atoms with Crippen molar-refractivity contribution in [2.45, 2.75) is 55.6 Å². The van der Waals surface area contributed by atoms with E-state index in [0.717, 1.165) is 32.1 Å². The van der Waals surface area contributed by atoms with Crippen molar-refractivity contribution in [1.82, 2.24) is 20.3 Å². The summed E-state index contributed by atoms with van der Waals surface area (Å²) in [5.74, 6) is -0.720. The van der Waals surface area contributed by atoms with Crippen LogP contribution in [0.4, 0.5) is 5.69 Å². The molecule has 0 unspecified atom stereocenters. The quantitative estimate of drug-likeness (QED) is 0.348. The Morgan fingerprint density at radius 1 is 0.949 bits per heavy atom. The summed E-state index contributed by atoms with van der Waals surface area (Å²) in [6, 6.07) is 21.0. The first-order valence-electron chi connectivity index (χ1n) is 12.9. The maximum absolute atomic E-state index is 14.1. The Balaban J connectivity index is 1.57. The Hall–Kier alpha value is -4.09. The lowest BCUT2D eigenvalue weighted by Gasteiger charge is -2.33. The van der Waals surface area contributed by atoms with Gasteiger partial charge in [-0.15, -0.1) is 5.10 Å². The molecular formula is C28H30N6O4S. The monoisotopic (exact) mass is 546 g/mol. The smallest absolute Gasteiger partial charge is 0.249 e. The van der Waals surface area contributed by atoms with Gasteiger partial charge in [0.05, 0.1) is 10.4 Å². The minimum Gasteiger partial charge on any atom is -0.351 e. The van der Waals surface area contributed by atoms with E-state index in [1.807, 2.05) is 36.4 Å². The first kappa shape index (κ1) is 26.5. The highest BCUT2D eigenvalue weighted by Crippen LogP contribution is 2.30. The summed E-state index contributed by atoms with van der Waals surface area (Å²) in [4.78, 5) is 29.3. The van der Waals surface area contributed by atoms with Crippen molar-refractivity contribution in [1.29, 1.82) is 0 Å². The number of carbonyl (C=O) groups is 2. The van der Waals surface area contributed by atoms with Crippen LogP contribution in [0.5, 0.6) is 0 Å². The first-order chi connectivity index (χ1) is 18.8. The van der Waals surface area contributed by atoms with Gasteiger partial charge >= 0.3 is 0 Å². The second-order valence-electron chi connectivity index (χ2n) is 9.70. The standard InChI is InChI=1S/C28H30N6O4S/c29-39(37,38)23-17-15-22(16-18-23)34(26(35)19-33-25-14-8-7-13-24(25)31-32-33)27(20-9-3-1-4-10-20)28(36)30-21-11-5-2-6-12-21/h1,3-4,7-10,13-18,21,27H,2,5-6,11-12,19H2,(H,30,36)(H2,29,37,38)/t27-/m0/s1. The number of rotatable bonds is 8. The average Bonchev–Trinajstić information content (AvgIpc) is 3.34. The van der Waals surface area contributed by atoms with E-state index in [0.29, 0.717) is 22.3 Å². The molecule has 1 aliphatic rings. The van der Waals surface area contributed by atoms with E-state index in [4.69, 9.17) is 5.14 Å². The number of nitrogens with one attached hydrogen (secondary N) is 1. The highest BCUT2D eigenvalue weighted by atomic mass is 32.2. The highest BCUT2D eigenvalue weighted by Gasteiger charge is 2.34. The number of sulfonamides is 1. The molecule has 5 rings (SSSR count). The van der Waals surface area contributed by atoms with Gasteiger partial charge in [-0.25, -0.2) is 18.2 Å². The lowest BCUT2D eigenvalue weighted by atomic mass is 9.94. The zero-order valence-electron chi connectivity index (χ0n) is 21.3. The number of nitrogens with two attached hydrogens (primary N) is 1. The number of nitrogens with zero attached hydrogens (tertiary/aromatic N) is 4. The molecule has 10 nitrogen and oxygen atoms in total. The maximum Gasteiger partial charge on any atom is 0.249 e. The summed E-state index contributed by atoms with van der Waals surface area (Å²) in [6.45, 7) is -0.183. The second-order valence-corrected chi connectivity index (χ2v) is 11.3. The van der Waals surface area contributed by atoms with Crippen LogP contribution in [0.15, 0.2) is 83.8 Å². The molecule has 4 aromatic rings. The van der Waals surface area contributed by atoms with Crippen LogP contribution >= 0.6 is 0 Å². The number of amides is 2. The number of aromatic nitrogens is 3. The van der Waals surface area contributed by atoms with Gasteiger partial charge in [-0.2, -0.15) is 0 Å². The molecule has 39 heavy (non-hydrogen) atoms. The topological polar surface area (TPSA) is 140 Å². The maximum atomic E-state index is 14.1. The number of carbonyl (C=O) groups excluding carboxylic acids is 2. The molecule has 1 fully saturated rings. The molecule has 1 atom stereocenters. The Labute approximate surface area is 226 Å². The van der Waals surface area contributed by atoms with Crippen LogP contribution in [0.3, 0.4) is 0 Å². The van der Waals surface area contributed by atoms with Gasteiger partial charge in [0.2, 0.25) is 21.8 Å². The average molecular weight is 547 g/mol. The number of fused-ring (bicyclic) bond motifs is 1. The number of hydrogen-bond acceptors (Lipinski definition) is 6. The van der Waals surface area contributed by atoms with Gasteiger partial charge in [-0.05, 0) is 54.8 Å². The lowest BCUT2D eigenvalue weighted by molar-refractivity contribution is -0.127. The Morgan fingerprint density at radius 3 is 2.31 bits per heavy atom. The van der Waals surface area contributed by atoms with Gasteiger partial charge in [0, 0.05) is 11.7 Å². The van der Waals surface area contributed by atoms with Crippen LogP contribution in [0.1, 0.15) is 43.7 Å². The van der Waals surface area contributed by atoms with E-state index in [-0.39, 0.29) is 23.4 Å². The van der Waals surface area contributed by atoms with Crippen LogP contribution in [0, 0.1) is 0 Å². The van der Waals surface area contributed by atoms with Crippen molar-refractivity contribution < 1.29 is 18.0 Å². The van der Waals surface area contributed by atoms with E-state index in [1.54, 1.807) is 18.2 Å². The van der Waals surface area contributed by atoms with Gasteiger partial charge in [0.1, 0.15) is 18.1 Å². The predicted octanol–water partition coefficient (Wildman–Crippen LogP) is 3.30. The molecule has 1 aliphatic carbocycles. The molecule has 0 radical (unpaired) electrons. The molecule has 3 N–H and O–H groups in total. The van der Waals surface area contributed by atoms with Gasteiger partial charge in [0.25, 0.3) is 0 Å². The van der Waals surface area contributed by atoms with Crippen LogP contribution in [-0.2, 0) is 26.2 Å². The summed E-state index contributed by atoms with van der Waals surface area (Å²) in [5, 5.41) is 16.8. The van der Waals surface area contributed by atoms with Crippen molar-refractivity contribution in [3.8, 4) is 0 Å². The summed E-state index contributed by atoms with van der Waals surface area (Å²) >= 11 is 0. The third-order valence-corrected chi connectivity index (χ3v) is 7.92. The fraction of sp³-hybridized carbons (Fsp3) is 0.286. The summed E-state index contributed by atoms with van der Waals surface area (Å²) in [7, 11) is -3.94. The van der Waals surface area contributed by atoms with Crippen LogP contribution in [0.2, 0.25) is 0 Å². The van der Waals surface area contributed by atoms with Gasteiger partial charge < -0.3 is 5.32 Å². The molecule has 0 aliphatic heterocycles. The van der Waals surface area contributed by atoms with Crippen LogP contribution in [-0.4, -0.2) is 41.3 Å². The van der Waals surface area contributed by atoms with E-state index in [1.165, 1.54) is 33.8 Å². The molecule has 1 heterocycles. The normalized spacial score (nSPS) is 15.1. The van der Waals surface area contributed by atoms with Crippen LogP contribution < -0.4 is 15.4 Å². The SMILES string of the molecule is NS(=O)(=O)c1ccc(N(C(=O)Cn2nnc3ccccc32)[C@H](C(=O)NC2CCCCC2)c2ccccc2)cc1. The predicted molar refractivity (Wildman–Crippen MR) is 147 cm³/mol. The zero-order chi connectivity index (χ0) is 27.4. The minimum absolute atomic E-state index is 0.0263. The van der Waals surface area contributed by atoms with Crippen molar-refractivity contribution in [3.05, 3.63) is 84.4 Å². The molecule has 202 valence electrons.